The highest BCUT2D eigenvalue weighted by molar-refractivity contribution is 9.10. The highest BCUT2D eigenvalue weighted by Crippen LogP contribution is 2.36. The van der Waals surface area contributed by atoms with Gasteiger partial charge in [0.05, 0.1) is 15.9 Å². The average Bonchev–Trinajstić information content (AvgIpc) is 2.64. The lowest BCUT2D eigenvalue weighted by Gasteiger charge is -2.31. The molecule has 0 saturated heterocycles. The predicted molar refractivity (Wildman–Crippen MR) is 87.4 cm³/mol. The summed E-state index contributed by atoms with van der Waals surface area (Å²) in [6, 6.07) is 0. The second kappa shape index (κ2) is 7.33. The zero-order chi connectivity index (χ0) is 14.6. The van der Waals surface area contributed by atoms with Crippen LogP contribution in [-0.4, -0.2) is 21.5 Å². The standard InChI is InChI=1S/C14H23BrCl2N2/c1-5-19-12(13(15)11(4)18-19)7-14(8-16,9-17)6-10(2)3/h10H,5-9H2,1-4H3. The molecular formula is C14H23BrCl2N2. The van der Waals surface area contributed by atoms with Gasteiger partial charge in [0.25, 0.3) is 0 Å². The van der Waals surface area contributed by atoms with E-state index >= 15 is 0 Å². The molecule has 2 nitrogen and oxygen atoms in total. The monoisotopic (exact) mass is 368 g/mol. The van der Waals surface area contributed by atoms with Gasteiger partial charge < -0.3 is 0 Å². The summed E-state index contributed by atoms with van der Waals surface area (Å²) in [5, 5.41) is 4.54. The molecule has 0 atom stereocenters. The van der Waals surface area contributed by atoms with E-state index in [1.165, 1.54) is 5.69 Å². The van der Waals surface area contributed by atoms with Crippen molar-refractivity contribution in [2.75, 3.05) is 11.8 Å². The van der Waals surface area contributed by atoms with E-state index < -0.39 is 0 Å². The molecule has 1 heterocycles. The summed E-state index contributed by atoms with van der Waals surface area (Å²) in [6.45, 7) is 9.42. The van der Waals surface area contributed by atoms with Crippen molar-refractivity contribution in [1.29, 1.82) is 0 Å². The first-order chi connectivity index (χ1) is 8.89. The Bertz CT molecular complexity index is 412. The van der Waals surface area contributed by atoms with Crippen LogP contribution in [0.25, 0.3) is 0 Å². The molecule has 0 amide bonds. The van der Waals surface area contributed by atoms with Gasteiger partial charge in [0, 0.05) is 23.7 Å². The number of rotatable bonds is 7. The number of halogens is 3. The molecule has 0 saturated carbocycles. The summed E-state index contributed by atoms with van der Waals surface area (Å²) < 4.78 is 3.14. The predicted octanol–water partition coefficient (Wildman–Crippen LogP) is 5.03. The molecule has 19 heavy (non-hydrogen) atoms. The van der Waals surface area contributed by atoms with E-state index in [1.54, 1.807) is 0 Å². The molecular weight excluding hydrogens is 347 g/mol. The first-order valence-corrected chi connectivity index (χ1v) is 8.59. The maximum Gasteiger partial charge on any atom is 0.0738 e. The molecule has 110 valence electrons. The molecule has 0 fully saturated rings. The molecule has 0 N–H and O–H groups in total. The third kappa shape index (κ3) is 4.12. The number of aryl methyl sites for hydroxylation is 2. The Hall–Kier alpha value is 0.270. The second-order valence-corrected chi connectivity index (χ2v) is 7.03. The molecule has 0 radical (unpaired) electrons. The van der Waals surface area contributed by atoms with Crippen LogP contribution in [0.3, 0.4) is 0 Å². The molecule has 0 bridgehead atoms. The fraction of sp³-hybridized carbons (Fsp3) is 0.786. The summed E-state index contributed by atoms with van der Waals surface area (Å²) in [5.41, 5.74) is 2.18. The summed E-state index contributed by atoms with van der Waals surface area (Å²) >= 11 is 16.1. The lowest BCUT2D eigenvalue weighted by atomic mass is 9.79. The SMILES string of the molecule is CCn1nc(C)c(Br)c1CC(CCl)(CCl)CC(C)C. The van der Waals surface area contributed by atoms with Crippen molar-refractivity contribution in [3.63, 3.8) is 0 Å². The van der Waals surface area contributed by atoms with Crippen LogP contribution in [0.4, 0.5) is 0 Å². The summed E-state index contributed by atoms with van der Waals surface area (Å²) in [7, 11) is 0. The van der Waals surface area contributed by atoms with E-state index in [9.17, 15) is 0 Å². The highest BCUT2D eigenvalue weighted by atomic mass is 79.9. The van der Waals surface area contributed by atoms with Crippen LogP contribution in [0.1, 0.15) is 38.6 Å². The first kappa shape index (κ1) is 17.3. The molecule has 0 aliphatic carbocycles. The van der Waals surface area contributed by atoms with Crippen LogP contribution >= 0.6 is 39.1 Å². The van der Waals surface area contributed by atoms with E-state index in [0.29, 0.717) is 17.7 Å². The number of aromatic nitrogens is 2. The lowest BCUT2D eigenvalue weighted by Crippen LogP contribution is -2.31. The van der Waals surface area contributed by atoms with E-state index in [-0.39, 0.29) is 5.41 Å². The molecule has 1 rings (SSSR count). The number of nitrogens with zero attached hydrogens (tertiary/aromatic N) is 2. The van der Waals surface area contributed by atoms with Crippen LogP contribution in [-0.2, 0) is 13.0 Å². The van der Waals surface area contributed by atoms with Gasteiger partial charge in [-0.05, 0) is 48.5 Å². The maximum absolute atomic E-state index is 6.24. The number of hydrogen-bond donors (Lipinski definition) is 0. The summed E-state index contributed by atoms with van der Waals surface area (Å²) in [6.07, 6.45) is 1.90. The van der Waals surface area contributed by atoms with Gasteiger partial charge in [-0.25, -0.2) is 0 Å². The Balaban J connectivity index is 3.09. The Morgan fingerprint density at radius 1 is 1.32 bits per heavy atom. The Labute approximate surface area is 135 Å². The van der Waals surface area contributed by atoms with Crippen LogP contribution < -0.4 is 0 Å². The quantitative estimate of drug-likeness (QED) is 0.616. The van der Waals surface area contributed by atoms with E-state index in [2.05, 4.69) is 41.8 Å². The Morgan fingerprint density at radius 2 is 1.89 bits per heavy atom. The largest absolute Gasteiger partial charge is 0.268 e. The third-order valence-corrected chi connectivity index (χ3v) is 5.57. The molecule has 0 aliphatic heterocycles. The maximum atomic E-state index is 6.24. The van der Waals surface area contributed by atoms with Crippen molar-refractivity contribution in [2.24, 2.45) is 11.3 Å². The van der Waals surface area contributed by atoms with Crippen molar-refractivity contribution >= 4 is 39.1 Å². The van der Waals surface area contributed by atoms with E-state index in [1.807, 2.05) is 11.6 Å². The number of alkyl halides is 2. The van der Waals surface area contributed by atoms with Gasteiger partial charge in [-0.15, -0.1) is 23.2 Å². The Morgan fingerprint density at radius 3 is 2.32 bits per heavy atom. The zero-order valence-corrected chi connectivity index (χ0v) is 15.2. The van der Waals surface area contributed by atoms with Crippen molar-refractivity contribution in [3.8, 4) is 0 Å². The normalized spacial score (nSPS) is 12.4. The molecule has 5 heteroatoms. The van der Waals surface area contributed by atoms with Crippen molar-refractivity contribution in [3.05, 3.63) is 15.9 Å². The van der Waals surface area contributed by atoms with Crippen molar-refractivity contribution in [1.82, 2.24) is 9.78 Å². The lowest BCUT2D eigenvalue weighted by molar-refractivity contribution is 0.288. The molecule has 0 aromatic carbocycles. The van der Waals surface area contributed by atoms with Gasteiger partial charge in [-0.1, -0.05) is 13.8 Å². The topological polar surface area (TPSA) is 17.8 Å². The molecule has 1 aromatic heterocycles. The minimum Gasteiger partial charge on any atom is -0.268 e. The molecule has 0 aliphatic rings. The highest BCUT2D eigenvalue weighted by Gasteiger charge is 2.32. The minimum absolute atomic E-state index is 0.0564. The van der Waals surface area contributed by atoms with Gasteiger partial charge in [0.15, 0.2) is 0 Å². The fourth-order valence-corrected chi connectivity index (χ4v) is 3.69. The van der Waals surface area contributed by atoms with Gasteiger partial charge in [0.2, 0.25) is 0 Å². The summed E-state index contributed by atoms with van der Waals surface area (Å²) in [4.78, 5) is 0. The van der Waals surface area contributed by atoms with Gasteiger partial charge in [0.1, 0.15) is 0 Å². The van der Waals surface area contributed by atoms with E-state index in [4.69, 9.17) is 23.2 Å². The van der Waals surface area contributed by atoms with Crippen LogP contribution in [0.2, 0.25) is 0 Å². The van der Waals surface area contributed by atoms with Gasteiger partial charge in [-0.2, -0.15) is 5.10 Å². The molecule has 1 aromatic rings. The first-order valence-electron chi connectivity index (χ1n) is 6.72. The zero-order valence-electron chi connectivity index (χ0n) is 12.1. The number of hydrogen-bond acceptors (Lipinski definition) is 1. The Kier molecular flexibility index (Phi) is 6.68. The third-order valence-electron chi connectivity index (χ3n) is 3.40. The summed E-state index contributed by atoms with van der Waals surface area (Å²) in [5.74, 6) is 1.74. The molecule has 0 unspecified atom stereocenters. The van der Waals surface area contributed by atoms with Gasteiger partial charge >= 0.3 is 0 Å². The second-order valence-electron chi connectivity index (χ2n) is 5.70. The van der Waals surface area contributed by atoms with Crippen LogP contribution in [0, 0.1) is 18.3 Å². The minimum atomic E-state index is -0.0564. The van der Waals surface area contributed by atoms with Crippen molar-refractivity contribution < 1.29 is 0 Å². The van der Waals surface area contributed by atoms with E-state index in [0.717, 1.165) is 29.6 Å². The fourth-order valence-electron chi connectivity index (χ4n) is 2.57. The average molecular weight is 370 g/mol. The smallest absolute Gasteiger partial charge is 0.0738 e. The van der Waals surface area contributed by atoms with Crippen LogP contribution in [0.15, 0.2) is 4.47 Å². The van der Waals surface area contributed by atoms with Gasteiger partial charge in [-0.3, -0.25) is 4.68 Å². The van der Waals surface area contributed by atoms with Crippen LogP contribution in [0.5, 0.6) is 0 Å². The molecule has 0 spiro atoms. The van der Waals surface area contributed by atoms with Crippen molar-refractivity contribution in [2.45, 2.75) is 47.1 Å².